The molecule has 2 rings (SSSR count). The van der Waals surface area contributed by atoms with E-state index in [1.807, 2.05) is 18.2 Å². The highest BCUT2D eigenvalue weighted by Gasteiger charge is 2.26. The lowest BCUT2D eigenvalue weighted by atomic mass is 9.92. The summed E-state index contributed by atoms with van der Waals surface area (Å²) in [6.45, 7) is 0. The lowest BCUT2D eigenvalue weighted by molar-refractivity contribution is 0.445. The van der Waals surface area contributed by atoms with Gasteiger partial charge in [-0.3, -0.25) is 0 Å². The van der Waals surface area contributed by atoms with Crippen LogP contribution in [0.15, 0.2) is 18.2 Å². The maximum Gasteiger partial charge on any atom is 0.0468 e. The molecule has 0 unspecified atom stereocenters. The fraction of sp³-hybridized carbons (Fsp3) is 0.500. The number of nitrogens with two attached hydrogens (primary N) is 1. The molecule has 0 aromatic heterocycles. The van der Waals surface area contributed by atoms with Crippen molar-refractivity contribution in [2.24, 2.45) is 11.7 Å². The maximum atomic E-state index is 6.23. The summed E-state index contributed by atoms with van der Waals surface area (Å²) in [4.78, 5) is 0. The smallest absolute Gasteiger partial charge is 0.0468 e. The predicted molar refractivity (Wildman–Crippen MR) is 65.3 cm³/mol. The number of benzene rings is 1. The fourth-order valence-electron chi connectivity index (χ4n) is 2.38. The van der Waals surface area contributed by atoms with E-state index in [0.717, 1.165) is 5.56 Å². The van der Waals surface area contributed by atoms with E-state index in [-0.39, 0.29) is 6.04 Å². The molecule has 0 bridgehead atoms. The average molecular weight is 244 g/mol. The number of hydrogen-bond donors (Lipinski definition) is 1. The molecule has 1 atom stereocenters. The minimum Gasteiger partial charge on any atom is -0.324 e. The zero-order chi connectivity index (χ0) is 10.8. The van der Waals surface area contributed by atoms with E-state index in [9.17, 15) is 0 Å². The first-order chi connectivity index (χ1) is 7.20. The Kier molecular flexibility index (Phi) is 3.55. The Morgan fingerprint density at radius 3 is 2.20 bits per heavy atom. The van der Waals surface area contributed by atoms with Crippen LogP contribution in [0, 0.1) is 5.92 Å². The second-order valence-electron chi connectivity index (χ2n) is 4.21. The van der Waals surface area contributed by atoms with Gasteiger partial charge in [0.05, 0.1) is 0 Å². The van der Waals surface area contributed by atoms with Crippen LogP contribution in [-0.2, 0) is 0 Å². The summed E-state index contributed by atoms with van der Waals surface area (Å²) in [5, 5.41) is 1.39. The molecule has 82 valence electrons. The summed E-state index contributed by atoms with van der Waals surface area (Å²) in [6, 6.07) is 5.57. The van der Waals surface area contributed by atoms with Gasteiger partial charge in [0, 0.05) is 21.7 Å². The van der Waals surface area contributed by atoms with Crippen molar-refractivity contribution >= 4 is 23.2 Å². The third-order valence-corrected chi connectivity index (χ3v) is 3.90. The Morgan fingerprint density at radius 1 is 1.13 bits per heavy atom. The first kappa shape index (κ1) is 11.3. The van der Waals surface area contributed by atoms with Crippen LogP contribution in [-0.4, -0.2) is 0 Å². The topological polar surface area (TPSA) is 26.0 Å². The van der Waals surface area contributed by atoms with Crippen LogP contribution in [0.5, 0.6) is 0 Å². The zero-order valence-corrected chi connectivity index (χ0v) is 10.1. The van der Waals surface area contributed by atoms with Crippen LogP contribution in [0.2, 0.25) is 10.0 Å². The molecule has 0 amide bonds. The predicted octanol–water partition coefficient (Wildman–Crippen LogP) is 4.18. The minimum atomic E-state index is -0.00583. The van der Waals surface area contributed by atoms with E-state index >= 15 is 0 Å². The van der Waals surface area contributed by atoms with E-state index in [0.29, 0.717) is 16.0 Å². The Balaban J connectivity index is 2.27. The van der Waals surface area contributed by atoms with Gasteiger partial charge in [0.1, 0.15) is 0 Å². The summed E-state index contributed by atoms with van der Waals surface area (Å²) in [6.07, 6.45) is 4.95. The maximum absolute atomic E-state index is 6.23. The Labute approximate surface area is 101 Å². The molecule has 0 radical (unpaired) electrons. The van der Waals surface area contributed by atoms with Gasteiger partial charge in [-0.25, -0.2) is 0 Å². The van der Waals surface area contributed by atoms with Gasteiger partial charge in [-0.2, -0.15) is 0 Å². The van der Waals surface area contributed by atoms with Crippen molar-refractivity contribution < 1.29 is 0 Å². The van der Waals surface area contributed by atoms with Crippen molar-refractivity contribution in [2.75, 3.05) is 0 Å². The molecule has 1 aromatic rings. The molecule has 1 aliphatic rings. The molecule has 1 aliphatic carbocycles. The van der Waals surface area contributed by atoms with Crippen LogP contribution in [0.4, 0.5) is 0 Å². The molecule has 0 heterocycles. The molecule has 1 fully saturated rings. The third-order valence-electron chi connectivity index (χ3n) is 3.24. The second kappa shape index (κ2) is 4.73. The van der Waals surface area contributed by atoms with E-state index in [1.54, 1.807) is 0 Å². The summed E-state index contributed by atoms with van der Waals surface area (Å²) in [5.41, 5.74) is 7.16. The van der Waals surface area contributed by atoms with Crippen LogP contribution < -0.4 is 5.73 Å². The molecule has 0 aliphatic heterocycles. The largest absolute Gasteiger partial charge is 0.324 e. The van der Waals surface area contributed by atoms with Crippen molar-refractivity contribution in [3.63, 3.8) is 0 Å². The van der Waals surface area contributed by atoms with E-state index < -0.39 is 0 Å². The summed E-state index contributed by atoms with van der Waals surface area (Å²) >= 11 is 12.3. The first-order valence-electron chi connectivity index (χ1n) is 5.39. The van der Waals surface area contributed by atoms with Crippen molar-refractivity contribution in [3.05, 3.63) is 33.8 Å². The molecule has 1 aromatic carbocycles. The van der Waals surface area contributed by atoms with Gasteiger partial charge in [-0.05, 0) is 30.9 Å². The van der Waals surface area contributed by atoms with Crippen molar-refractivity contribution in [1.29, 1.82) is 0 Å². The van der Waals surface area contributed by atoms with Gasteiger partial charge in [0.2, 0.25) is 0 Å². The molecular formula is C12H15Cl2N. The summed E-state index contributed by atoms with van der Waals surface area (Å²) in [5.74, 6) is 0.544. The first-order valence-corrected chi connectivity index (χ1v) is 6.15. The van der Waals surface area contributed by atoms with Gasteiger partial charge in [0.25, 0.3) is 0 Å². The third kappa shape index (κ3) is 2.30. The van der Waals surface area contributed by atoms with Crippen LogP contribution in [0.3, 0.4) is 0 Å². The molecule has 2 N–H and O–H groups in total. The molecule has 1 saturated carbocycles. The lowest BCUT2D eigenvalue weighted by Crippen LogP contribution is -2.19. The summed E-state index contributed by atoms with van der Waals surface area (Å²) < 4.78 is 0. The Bertz CT molecular complexity index is 325. The van der Waals surface area contributed by atoms with Gasteiger partial charge in [0.15, 0.2) is 0 Å². The van der Waals surface area contributed by atoms with E-state index in [4.69, 9.17) is 28.9 Å². The molecule has 15 heavy (non-hydrogen) atoms. The highest BCUT2D eigenvalue weighted by molar-refractivity contribution is 6.36. The average Bonchev–Trinajstić information content (AvgIpc) is 2.69. The van der Waals surface area contributed by atoms with Gasteiger partial charge < -0.3 is 5.73 Å². The second-order valence-corrected chi connectivity index (χ2v) is 5.02. The molecule has 0 spiro atoms. The monoisotopic (exact) mass is 243 g/mol. The number of rotatable bonds is 2. The van der Waals surface area contributed by atoms with Crippen molar-refractivity contribution in [2.45, 2.75) is 31.7 Å². The Hall–Kier alpha value is -0.240. The van der Waals surface area contributed by atoms with Crippen LogP contribution >= 0.6 is 23.2 Å². The SMILES string of the molecule is N[C@@H](c1c(Cl)cccc1Cl)C1CCCC1. The summed E-state index contributed by atoms with van der Waals surface area (Å²) in [7, 11) is 0. The van der Waals surface area contributed by atoms with Crippen LogP contribution in [0.25, 0.3) is 0 Å². The van der Waals surface area contributed by atoms with Gasteiger partial charge in [-0.15, -0.1) is 0 Å². The normalized spacial score (nSPS) is 19.4. The highest BCUT2D eigenvalue weighted by atomic mass is 35.5. The molecule has 1 nitrogen and oxygen atoms in total. The van der Waals surface area contributed by atoms with Crippen molar-refractivity contribution in [3.8, 4) is 0 Å². The highest BCUT2D eigenvalue weighted by Crippen LogP contribution is 2.39. The van der Waals surface area contributed by atoms with Crippen LogP contribution in [0.1, 0.15) is 37.3 Å². The fourth-order valence-corrected chi connectivity index (χ4v) is 3.03. The standard InChI is InChI=1S/C12H15Cl2N/c13-9-6-3-7-10(14)11(9)12(15)8-4-1-2-5-8/h3,6-8,12H,1-2,4-5,15H2/t12-/m1/s1. The minimum absolute atomic E-state index is 0.00583. The molecule has 3 heteroatoms. The molecular weight excluding hydrogens is 229 g/mol. The zero-order valence-electron chi connectivity index (χ0n) is 8.55. The Morgan fingerprint density at radius 2 is 1.67 bits per heavy atom. The number of hydrogen-bond acceptors (Lipinski definition) is 1. The number of halogens is 2. The van der Waals surface area contributed by atoms with E-state index in [1.165, 1.54) is 25.7 Å². The van der Waals surface area contributed by atoms with Crippen molar-refractivity contribution in [1.82, 2.24) is 0 Å². The van der Waals surface area contributed by atoms with Gasteiger partial charge >= 0.3 is 0 Å². The molecule has 0 saturated heterocycles. The van der Waals surface area contributed by atoms with E-state index in [2.05, 4.69) is 0 Å². The van der Waals surface area contributed by atoms with Gasteiger partial charge in [-0.1, -0.05) is 42.1 Å². The quantitative estimate of drug-likeness (QED) is 0.829. The lowest BCUT2D eigenvalue weighted by Gasteiger charge is -2.21.